The van der Waals surface area contributed by atoms with Gasteiger partial charge in [-0.2, -0.15) is 0 Å². The molecule has 0 spiro atoms. The van der Waals surface area contributed by atoms with E-state index in [4.69, 9.17) is 21.1 Å². The fourth-order valence-corrected chi connectivity index (χ4v) is 4.86. The number of carbonyl (C=O) groups is 2. The van der Waals surface area contributed by atoms with Crippen LogP contribution >= 0.6 is 11.6 Å². The number of ether oxygens (including phenoxy) is 2. The zero-order valence-electron chi connectivity index (χ0n) is 20.0. The van der Waals surface area contributed by atoms with E-state index in [1.54, 1.807) is 19.2 Å². The molecule has 178 valence electrons. The third kappa shape index (κ3) is 4.90. The second-order valence-electron chi connectivity index (χ2n) is 9.33. The molecular weight excluding hydrogens is 450 g/mol. The summed E-state index contributed by atoms with van der Waals surface area (Å²) < 4.78 is 10.9. The van der Waals surface area contributed by atoms with Gasteiger partial charge in [-0.25, -0.2) is 4.79 Å². The first-order valence-corrected chi connectivity index (χ1v) is 12.0. The molecule has 0 saturated heterocycles. The number of carbonyl (C=O) groups excluding carboxylic acids is 2. The highest BCUT2D eigenvalue weighted by Gasteiger charge is 2.41. The van der Waals surface area contributed by atoms with E-state index in [1.165, 1.54) is 0 Å². The maximum atomic E-state index is 13.6. The van der Waals surface area contributed by atoms with Crippen LogP contribution in [-0.2, 0) is 14.3 Å². The zero-order valence-corrected chi connectivity index (χ0v) is 20.7. The first-order chi connectivity index (χ1) is 16.3. The minimum atomic E-state index is -0.488. The molecule has 34 heavy (non-hydrogen) atoms. The van der Waals surface area contributed by atoms with Crippen molar-refractivity contribution < 1.29 is 19.1 Å². The van der Waals surface area contributed by atoms with Crippen LogP contribution in [-0.4, -0.2) is 25.5 Å². The van der Waals surface area contributed by atoms with Gasteiger partial charge in [0.2, 0.25) is 0 Å². The lowest BCUT2D eigenvalue weighted by molar-refractivity contribution is -0.140. The molecule has 0 amide bonds. The second-order valence-corrected chi connectivity index (χ2v) is 9.77. The highest BCUT2D eigenvalue weighted by Crippen LogP contribution is 2.46. The molecular formula is C28H30ClNO4. The van der Waals surface area contributed by atoms with Crippen molar-refractivity contribution in [2.75, 3.05) is 13.7 Å². The average molecular weight is 480 g/mol. The Morgan fingerprint density at radius 1 is 1.06 bits per heavy atom. The summed E-state index contributed by atoms with van der Waals surface area (Å²) in [6.45, 7) is 6.19. The molecule has 5 nitrogen and oxygen atoms in total. The first kappa shape index (κ1) is 24.1. The van der Waals surface area contributed by atoms with Crippen molar-refractivity contribution in [3.63, 3.8) is 0 Å². The van der Waals surface area contributed by atoms with Gasteiger partial charge in [0, 0.05) is 34.3 Å². The van der Waals surface area contributed by atoms with Gasteiger partial charge in [0.25, 0.3) is 0 Å². The van der Waals surface area contributed by atoms with E-state index in [0.717, 1.165) is 28.3 Å². The molecule has 2 atom stereocenters. The van der Waals surface area contributed by atoms with Gasteiger partial charge >= 0.3 is 5.97 Å². The topological polar surface area (TPSA) is 64.6 Å². The summed E-state index contributed by atoms with van der Waals surface area (Å²) in [5.41, 5.74) is 4.66. The fourth-order valence-electron chi connectivity index (χ4n) is 4.73. The van der Waals surface area contributed by atoms with Crippen molar-refractivity contribution in [1.82, 2.24) is 5.32 Å². The van der Waals surface area contributed by atoms with Crippen molar-refractivity contribution in [2.24, 2.45) is 5.92 Å². The van der Waals surface area contributed by atoms with E-state index < -0.39 is 11.9 Å². The maximum absolute atomic E-state index is 13.6. The molecule has 0 aromatic heterocycles. The van der Waals surface area contributed by atoms with Crippen molar-refractivity contribution in [3.8, 4) is 5.75 Å². The quantitative estimate of drug-likeness (QED) is 0.522. The SMILES string of the molecule is COc1ccc([C@H]2CC(=O)C3=C(C2)NC(C)=C(C(=O)OCC(C)C)[C@H]3c2ccc(Cl)cc2)cc1. The Bertz CT molecular complexity index is 1150. The van der Waals surface area contributed by atoms with Crippen LogP contribution in [0.15, 0.2) is 71.1 Å². The lowest BCUT2D eigenvalue weighted by atomic mass is 9.72. The molecule has 2 aromatic rings. The van der Waals surface area contributed by atoms with E-state index in [0.29, 0.717) is 35.6 Å². The predicted molar refractivity (Wildman–Crippen MR) is 133 cm³/mol. The van der Waals surface area contributed by atoms with Crippen LogP contribution in [0.2, 0.25) is 5.02 Å². The summed E-state index contributed by atoms with van der Waals surface area (Å²) in [7, 11) is 1.64. The molecule has 0 bridgehead atoms. The Morgan fingerprint density at radius 3 is 2.32 bits per heavy atom. The number of nitrogens with one attached hydrogen (secondary N) is 1. The lowest BCUT2D eigenvalue weighted by Gasteiger charge is -2.36. The summed E-state index contributed by atoms with van der Waals surface area (Å²) in [5.74, 6) is 0.209. The molecule has 1 aliphatic carbocycles. The maximum Gasteiger partial charge on any atom is 0.336 e. The molecule has 1 aliphatic heterocycles. The lowest BCUT2D eigenvalue weighted by Crippen LogP contribution is -2.36. The third-order valence-electron chi connectivity index (χ3n) is 6.39. The number of hydrogen-bond acceptors (Lipinski definition) is 5. The van der Waals surface area contributed by atoms with Crippen LogP contribution in [0.5, 0.6) is 5.75 Å². The first-order valence-electron chi connectivity index (χ1n) is 11.6. The number of benzene rings is 2. The van der Waals surface area contributed by atoms with Crippen LogP contribution in [0, 0.1) is 5.92 Å². The Kier molecular flexibility index (Phi) is 7.13. The summed E-state index contributed by atoms with van der Waals surface area (Å²) >= 11 is 6.13. The number of Topliss-reactive ketones (excluding diaryl/α,β-unsaturated/α-hetero) is 1. The van der Waals surface area contributed by atoms with Crippen molar-refractivity contribution in [2.45, 2.75) is 45.4 Å². The summed E-state index contributed by atoms with van der Waals surface area (Å²) in [6, 6.07) is 15.2. The number of halogens is 1. The monoisotopic (exact) mass is 479 g/mol. The standard InChI is InChI=1S/C28H30ClNO4/c1-16(2)15-34-28(32)25-17(3)30-23-13-20(18-7-11-22(33-4)12-8-18)14-24(31)27(23)26(25)19-5-9-21(29)10-6-19/h5-12,16,20,26,30H,13-15H2,1-4H3/t20-,26-/m1/s1. The Labute approximate surface area is 205 Å². The summed E-state index contributed by atoms with van der Waals surface area (Å²) in [4.78, 5) is 26.8. The molecule has 0 saturated carbocycles. The van der Waals surface area contributed by atoms with Crippen LogP contribution in [0.4, 0.5) is 0 Å². The molecule has 0 radical (unpaired) electrons. The molecule has 1 N–H and O–H groups in total. The number of esters is 1. The van der Waals surface area contributed by atoms with Gasteiger partial charge in [0.15, 0.2) is 5.78 Å². The van der Waals surface area contributed by atoms with Gasteiger partial charge in [-0.1, -0.05) is 49.7 Å². The van der Waals surface area contributed by atoms with Gasteiger partial charge in [0.05, 0.1) is 19.3 Å². The van der Waals surface area contributed by atoms with Crippen molar-refractivity contribution in [1.29, 1.82) is 0 Å². The van der Waals surface area contributed by atoms with E-state index in [2.05, 4.69) is 5.32 Å². The highest BCUT2D eigenvalue weighted by atomic mass is 35.5. The van der Waals surface area contributed by atoms with Crippen LogP contribution in [0.25, 0.3) is 0 Å². The minimum absolute atomic E-state index is 0.0381. The summed E-state index contributed by atoms with van der Waals surface area (Å²) in [6.07, 6.45) is 1.06. The number of methoxy groups -OCH3 is 1. The molecule has 0 unspecified atom stereocenters. The van der Waals surface area contributed by atoms with E-state index in [-0.39, 0.29) is 17.6 Å². The van der Waals surface area contributed by atoms with Gasteiger partial charge in [-0.15, -0.1) is 0 Å². The van der Waals surface area contributed by atoms with Crippen LogP contribution in [0.1, 0.15) is 56.6 Å². The molecule has 0 fully saturated rings. The van der Waals surface area contributed by atoms with Gasteiger partial charge in [-0.3, -0.25) is 4.79 Å². The third-order valence-corrected chi connectivity index (χ3v) is 6.64. The largest absolute Gasteiger partial charge is 0.497 e. The van der Waals surface area contributed by atoms with Crippen LogP contribution < -0.4 is 10.1 Å². The molecule has 4 rings (SSSR count). The van der Waals surface area contributed by atoms with E-state index in [9.17, 15) is 9.59 Å². The number of hydrogen-bond donors (Lipinski definition) is 1. The highest BCUT2D eigenvalue weighted by molar-refractivity contribution is 6.30. The minimum Gasteiger partial charge on any atom is -0.497 e. The average Bonchev–Trinajstić information content (AvgIpc) is 2.82. The molecule has 2 aliphatic rings. The second kappa shape index (κ2) is 10.1. The predicted octanol–water partition coefficient (Wildman–Crippen LogP) is 5.91. The van der Waals surface area contributed by atoms with E-state index in [1.807, 2.05) is 57.2 Å². The van der Waals surface area contributed by atoms with Gasteiger partial charge in [-0.05, 0) is 60.6 Å². The van der Waals surface area contributed by atoms with E-state index >= 15 is 0 Å². The normalized spacial score (nSPS) is 20.2. The number of allylic oxidation sites excluding steroid dienone is 3. The van der Waals surface area contributed by atoms with Crippen molar-refractivity contribution >= 4 is 23.4 Å². The Hall–Kier alpha value is -3.05. The molecule has 1 heterocycles. The zero-order chi connectivity index (χ0) is 24.4. The Balaban J connectivity index is 1.73. The molecule has 6 heteroatoms. The number of ketones is 1. The van der Waals surface area contributed by atoms with Gasteiger partial charge < -0.3 is 14.8 Å². The van der Waals surface area contributed by atoms with Gasteiger partial charge in [0.1, 0.15) is 5.75 Å². The number of dihydropyridines is 1. The smallest absolute Gasteiger partial charge is 0.336 e. The Morgan fingerprint density at radius 2 is 1.71 bits per heavy atom. The van der Waals surface area contributed by atoms with Crippen LogP contribution in [0.3, 0.4) is 0 Å². The number of rotatable bonds is 6. The molecule has 2 aromatic carbocycles. The summed E-state index contributed by atoms with van der Waals surface area (Å²) in [5, 5.41) is 3.99. The van der Waals surface area contributed by atoms with Crippen molar-refractivity contribution in [3.05, 3.63) is 87.2 Å². The fraction of sp³-hybridized carbons (Fsp3) is 0.357.